The summed E-state index contributed by atoms with van der Waals surface area (Å²) in [5, 5.41) is 3.60. The molecule has 98 valence electrons. The van der Waals surface area contributed by atoms with Crippen LogP contribution in [-0.2, 0) is 0 Å². The number of aromatic nitrogens is 1. The molecule has 0 spiro atoms. The first kappa shape index (κ1) is 14.7. The Morgan fingerprint density at radius 3 is 2.50 bits per heavy atom. The zero-order valence-corrected chi connectivity index (χ0v) is 12.0. The summed E-state index contributed by atoms with van der Waals surface area (Å²) in [6, 6.07) is 4.76. The minimum atomic E-state index is 0.395. The molecule has 0 aliphatic rings. The highest BCUT2D eigenvalue weighted by Crippen LogP contribution is 2.19. The van der Waals surface area contributed by atoms with Gasteiger partial charge in [0.05, 0.1) is 0 Å². The Kier molecular flexibility index (Phi) is 6.46. The molecule has 1 rings (SSSR count). The van der Waals surface area contributed by atoms with Crippen LogP contribution in [0.15, 0.2) is 12.1 Å². The predicted octanol–water partition coefficient (Wildman–Crippen LogP) is 3.54. The summed E-state index contributed by atoms with van der Waals surface area (Å²) >= 11 is 0. The van der Waals surface area contributed by atoms with Crippen LogP contribution in [0.2, 0.25) is 0 Å². The Balaban J connectivity index is 2.81. The highest BCUT2D eigenvalue weighted by Gasteiger charge is 2.11. The van der Waals surface area contributed by atoms with Gasteiger partial charge >= 0.3 is 0 Å². The number of aryl methyl sites for hydroxylation is 2. The Morgan fingerprint density at radius 1 is 1.28 bits per heavy atom. The van der Waals surface area contributed by atoms with Crippen molar-refractivity contribution in [2.75, 3.05) is 6.54 Å². The second-order valence-electron chi connectivity index (χ2n) is 4.66. The number of nitrogens with zero attached hydrogens (tertiary/aromatic N) is 1. The molecule has 1 heterocycles. The van der Waals surface area contributed by atoms with Crippen molar-refractivity contribution in [2.24, 2.45) is 0 Å². The van der Waals surface area contributed by atoms with Crippen LogP contribution in [0.4, 0.5) is 0 Å². The van der Waals surface area contributed by atoms with Gasteiger partial charge in [0.2, 0.25) is 0 Å². The van der Waals surface area contributed by atoms with Crippen molar-refractivity contribution in [3.8, 4) is 11.8 Å². The molecular weight excluding hydrogens is 220 g/mol. The van der Waals surface area contributed by atoms with Crippen LogP contribution in [-0.4, -0.2) is 11.5 Å². The molecule has 0 bridgehead atoms. The smallest absolute Gasteiger partial charge is 0.0379 e. The largest absolute Gasteiger partial charge is 0.310 e. The lowest BCUT2D eigenvalue weighted by atomic mass is 10.0. The summed E-state index contributed by atoms with van der Waals surface area (Å²) in [4.78, 5) is 4.44. The molecule has 1 aromatic heterocycles. The number of hydrogen-bond acceptors (Lipinski definition) is 2. The van der Waals surface area contributed by atoms with Crippen LogP contribution >= 0.6 is 0 Å². The molecule has 0 aliphatic heterocycles. The minimum Gasteiger partial charge on any atom is -0.310 e. The van der Waals surface area contributed by atoms with E-state index in [1.54, 1.807) is 0 Å². The summed E-state index contributed by atoms with van der Waals surface area (Å²) in [7, 11) is 0. The minimum absolute atomic E-state index is 0.395. The lowest BCUT2D eigenvalue weighted by Crippen LogP contribution is -2.22. The first-order valence-corrected chi connectivity index (χ1v) is 6.75. The van der Waals surface area contributed by atoms with E-state index in [9.17, 15) is 0 Å². The van der Waals surface area contributed by atoms with Gasteiger partial charge in [-0.1, -0.05) is 6.92 Å². The summed E-state index contributed by atoms with van der Waals surface area (Å²) in [6.07, 6.45) is 3.15. The third-order valence-electron chi connectivity index (χ3n) is 2.88. The average Bonchev–Trinajstić information content (AvgIpc) is 2.32. The van der Waals surface area contributed by atoms with Gasteiger partial charge in [-0.05, 0) is 57.9 Å². The van der Waals surface area contributed by atoms with Crippen molar-refractivity contribution in [1.29, 1.82) is 0 Å². The average molecular weight is 244 g/mol. The van der Waals surface area contributed by atoms with Crippen LogP contribution in [0.3, 0.4) is 0 Å². The van der Waals surface area contributed by atoms with E-state index in [-0.39, 0.29) is 0 Å². The van der Waals surface area contributed by atoms with E-state index < -0.39 is 0 Å². The van der Waals surface area contributed by atoms with E-state index >= 15 is 0 Å². The normalized spacial score (nSPS) is 11.8. The Labute approximate surface area is 111 Å². The van der Waals surface area contributed by atoms with Crippen LogP contribution < -0.4 is 5.32 Å². The van der Waals surface area contributed by atoms with Gasteiger partial charge in [0, 0.05) is 23.9 Å². The van der Waals surface area contributed by atoms with Gasteiger partial charge in [0.1, 0.15) is 0 Å². The second-order valence-corrected chi connectivity index (χ2v) is 4.66. The van der Waals surface area contributed by atoms with Crippen molar-refractivity contribution >= 4 is 0 Å². The van der Waals surface area contributed by atoms with E-state index in [1.807, 2.05) is 6.92 Å². The molecular formula is C16H24N2. The van der Waals surface area contributed by atoms with Crippen molar-refractivity contribution in [1.82, 2.24) is 10.3 Å². The Bertz CT molecular complexity index is 406. The molecule has 1 unspecified atom stereocenters. The van der Waals surface area contributed by atoms with Crippen LogP contribution in [0, 0.1) is 25.7 Å². The number of hydrogen-bond donors (Lipinski definition) is 1. The fourth-order valence-electron chi connectivity index (χ4n) is 2.11. The SMILES string of the molecule is CC#CCCC(NCCC)c1cc(C)nc(C)c1. The molecule has 0 aromatic carbocycles. The van der Waals surface area contributed by atoms with Gasteiger partial charge in [-0.2, -0.15) is 0 Å². The molecule has 2 nitrogen and oxygen atoms in total. The zero-order chi connectivity index (χ0) is 13.4. The molecule has 0 amide bonds. The maximum Gasteiger partial charge on any atom is 0.0379 e. The summed E-state index contributed by atoms with van der Waals surface area (Å²) in [6.45, 7) is 9.25. The van der Waals surface area contributed by atoms with Gasteiger partial charge in [-0.15, -0.1) is 11.8 Å². The second kappa shape index (κ2) is 7.89. The van der Waals surface area contributed by atoms with Crippen LogP contribution in [0.1, 0.15) is 56.1 Å². The molecule has 18 heavy (non-hydrogen) atoms. The standard InChI is InChI=1S/C16H24N2/c1-5-7-8-9-16(17-10-6-2)15-11-13(3)18-14(4)12-15/h11-12,16-17H,6,8-10H2,1-4H3. The fourth-order valence-corrected chi connectivity index (χ4v) is 2.11. The maximum absolute atomic E-state index is 4.44. The van der Waals surface area contributed by atoms with E-state index in [0.717, 1.165) is 37.2 Å². The van der Waals surface area contributed by atoms with Gasteiger partial charge in [0.15, 0.2) is 0 Å². The lowest BCUT2D eigenvalue weighted by Gasteiger charge is -2.19. The third-order valence-corrected chi connectivity index (χ3v) is 2.88. The topological polar surface area (TPSA) is 24.9 Å². The van der Waals surface area contributed by atoms with Crippen LogP contribution in [0.5, 0.6) is 0 Å². The van der Waals surface area contributed by atoms with Gasteiger partial charge in [-0.25, -0.2) is 0 Å². The molecule has 0 saturated heterocycles. The summed E-state index contributed by atoms with van der Waals surface area (Å²) in [5.74, 6) is 6.11. The van der Waals surface area contributed by atoms with Crippen LogP contribution in [0.25, 0.3) is 0 Å². The summed E-state index contributed by atoms with van der Waals surface area (Å²) < 4.78 is 0. The molecule has 1 atom stereocenters. The molecule has 0 saturated carbocycles. The fraction of sp³-hybridized carbons (Fsp3) is 0.562. The van der Waals surface area contributed by atoms with Crippen molar-refractivity contribution in [3.63, 3.8) is 0 Å². The lowest BCUT2D eigenvalue weighted by molar-refractivity contribution is 0.504. The Hall–Kier alpha value is -1.33. The van der Waals surface area contributed by atoms with Crippen molar-refractivity contribution in [2.45, 2.75) is 53.0 Å². The first-order chi connectivity index (χ1) is 8.67. The number of pyridine rings is 1. The van der Waals surface area contributed by atoms with E-state index in [1.165, 1.54) is 5.56 Å². The quantitative estimate of drug-likeness (QED) is 0.774. The predicted molar refractivity (Wildman–Crippen MR) is 77.4 cm³/mol. The monoisotopic (exact) mass is 244 g/mol. The molecule has 2 heteroatoms. The zero-order valence-electron chi connectivity index (χ0n) is 12.0. The Morgan fingerprint density at radius 2 is 1.94 bits per heavy atom. The first-order valence-electron chi connectivity index (χ1n) is 6.75. The van der Waals surface area contributed by atoms with Gasteiger partial charge in [0.25, 0.3) is 0 Å². The van der Waals surface area contributed by atoms with Gasteiger partial charge < -0.3 is 5.32 Å². The van der Waals surface area contributed by atoms with Crippen molar-refractivity contribution in [3.05, 3.63) is 29.1 Å². The van der Waals surface area contributed by atoms with Gasteiger partial charge in [-0.3, -0.25) is 4.98 Å². The third kappa shape index (κ3) is 4.89. The highest BCUT2D eigenvalue weighted by atomic mass is 14.9. The molecule has 0 radical (unpaired) electrons. The molecule has 0 fully saturated rings. The number of nitrogens with one attached hydrogen (secondary N) is 1. The molecule has 0 aliphatic carbocycles. The van der Waals surface area contributed by atoms with E-state index in [2.05, 4.69) is 55.0 Å². The highest BCUT2D eigenvalue weighted by molar-refractivity contribution is 5.24. The van der Waals surface area contributed by atoms with Crippen molar-refractivity contribution < 1.29 is 0 Å². The van der Waals surface area contributed by atoms with E-state index in [4.69, 9.17) is 0 Å². The number of rotatable bonds is 6. The molecule has 1 N–H and O–H groups in total. The summed E-state index contributed by atoms with van der Waals surface area (Å²) in [5.41, 5.74) is 3.52. The maximum atomic E-state index is 4.44. The molecule has 1 aromatic rings. The van der Waals surface area contributed by atoms with E-state index in [0.29, 0.717) is 6.04 Å².